The highest BCUT2D eigenvalue weighted by atomic mass is 33.1. The van der Waals surface area contributed by atoms with E-state index in [1.165, 1.54) is 0 Å². The molecule has 5 atom stereocenters. The van der Waals surface area contributed by atoms with Crippen LogP contribution in [0.5, 0.6) is 0 Å². The Morgan fingerprint density at radius 1 is 1.09 bits per heavy atom. The molecule has 2 heterocycles. The number of hydrogen-bond acceptors (Lipinski definition) is 11. The molecule has 1 aromatic heterocycles. The molecule has 0 aliphatic carbocycles. The van der Waals surface area contributed by atoms with E-state index in [0.717, 1.165) is 11.4 Å². The zero-order valence-electron chi connectivity index (χ0n) is 19.4. The summed E-state index contributed by atoms with van der Waals surface area (Å²) < 4.78 is 16.1. The van der Waals surface area contributed by atoms with Gasteiger partial charge in [-0.15, -0.1) is 0 Å². The number of aliphatic hydroxyl groups is 4. The van der Waals surface area contributed by atoms with E-state index in [2.05, 4.69) is 18.8 Å². The standard InChI is InChI=1S/C22H35NO8S2/c1-21(2,30-12-10-22(3,4)33-32-15-7-5-6-11-23-15)9-8-16(24)29-13-14-17(25)18(26)19(27)20(28)31-14/h5-7,11,14,17-20,25-28H,8-10,12-13H2,1-4H3. The molecule has 1 aliphatic heterocycles. The van der Waals surface area contributed by atoms with Gasteiger partial charge >= 0.3 is 5.97 Å². The molecule has 5 unspecified atom stereocenters. The van der Waals surface area contributed by atoms with Crippen LogP contribution in [0.2, 0.25) is 0 Å². The summed E-state index contributed by atoms with van der Waals surface area (Å²) in [6.45, 7) is 8.30. The molecule has 0 aromatic carbocycles. The van der Waals surface area contributed by atoms with Gasteiger partial charge in [-0.05, 0) is 63.5 Å². The SMILES string of the molecule is CC(C)(CCC(=O)OCC1OC(O)C(O)C(O)C1O)OCCC(C)(C)SSc1ccccn1. The highest BCUT2D eigenvalue weighted by molar-refractivity contribution is 8.77. The summed E-state index contributed by atoms with van der Waals surface area (Å²) >= 11 is 0. The van der Waals surface area contributed by atoms with Crippen LogP contribution in [-0.2, 0) is 19.0 Å². The van der Waals surface area contributed by atoms with Crippen molar-refractivity contribution in [1.29, 1.82) is 0 Å². The number of nitrogens with zero attached hydrogens (tertiary/aromatic N) is 1. The molecule has 9 nitrogen and oxygen atoms in total. The minimum absolute atomic E-state index is 0.0270. The first-order valence-corrected chi connectivity index (χ1v) is 13.0. The van der Waals surface area contributed by atoms with Gasteiger partial charge in [0.05, 0.1) is 5.60 Å². The predicted molar refractivity (Wildman–Crippen MR) is 126 cm³/mol. The molecule has 188 valence electrons. The van der Waals surface area contributed by atoms with Crippen LogP contribution in [0, 0.1) is 0 Å². The molecule has 1 saturated heterocycles. The second-order valence-electron chi connectivity index (χ2n) is 9.17. The van der Waals surface area contributed by atoms with Gasteiger partial charge in [-0.1, -0.05) is 16.9 Å². The van der Waals surface area contributed by atoms with Gasteiger partial charge in [-0.2, -0.15) is 0 Å². The summed E-state index contributed by atoms with van der Waals surface area (Å²) in [5.41, 5.74) is -0.536. The quantitative estimate of drug-likeness (QED) is 0.245. The number of carbonyl (C=O) groups excluding carboxylic acids is 1. The largest absolute Gasteiger partial charge is 0.463 e. The summed E-state index contributed by atoms with van der Waals surface area (Å²) in [7, 11) is 3.37. The van der Waals surface area contributed by atoms with Gasteiger partial charge in [0.2, 0.25) is 0 Å². The van der Waals surface area contributed by atoms with Crippen molar-refractivity contribution in [2.24, 2.45) is 0 Å². The van der Waals surface area contributed by atoms with Crippen LogP contribution >= 0.6 is 21.6 Å². The second kappa shape index (κ2) is 12.7. The van der Waals surface area contributed by atoms with Crippen molar-refractivity contribution in [3.63, 3.8) is 0 Å². The molecule has 0 spiro atoms. The lowest BCUT2D eigenvalue weighted by Gasteiger charge is -2.37. The maximum absolute atomic E-state index is 12.1. The Morgan fingerprint density at radius 3 is 2.48 bits per heavy atom. The topological polar surface area (TPSA) is 139 Å². The third-order valence-corrected chi connectivity index (χ3v) is 8.48. The summed E-state index contributed by atoms with van der Waals surface area (Å²) in [6, 6.07) is 5.82. The van der Waals surface area contributed by atoms with E-state index < -0.39 is 42.3 Å². The average Bonchev–Trinajstić information content (AvgIpc) is 2.77. The van der Waals surface area contributed by atoms with Crippen LogP contribution in [0.3, 0.4) is 0 Å². The minimum Gasteiger partial charge on any atom is -0.463 e. The van der Waals surface area contributed by atoms with Crippen molar-refractivity contribution in [3.8, 4) is 0 Å². The number of hydrogen-bond donors (Lipinski definition) is 4. The van der Waals surface area contributed by atoms with Crippen LogP contribution in [0.15, 0.2) is 29.4 Å². The molecule has 33 heavy (non-hydrogen) atoms. The van der Waals surface area contributed by atoms with Gasteiger partial charge in [-0.3, -0.25) is 4.79 Å². The molecular weight excluding hydrogens is 470 g/mol. The first-order chi connectivity index (χ1) is 15.4. The number of ether oxygens (including phenoxy) is 3. The number of aliphatic hydroxyl groups excluding tert-OH is 4. The number of carbonyl (C=O) groups is 1. The third-order valence-electron chi connectivity index (χ3n) is 5.21. The van der Waals surface area contributed by atoms with Crippen molar-refractivity contribution < 1.29 is 39.4 Å². The molecule has 11 heteroatoms. The first-order valence-electron chi connectivity index (χ1n) is 10.8. The van der Waals surface area contributed by atoms with Crippen molar-refractivity contribution in [1.82, 2.24) is 4.98 Å². The van der Waals surface area contributed by atoms with Gasteiger partial charge in [0.25, 0.3) is 0 Å². The lowest BCUT2D eigenvalue weighted by atomic mass is 9.99. The van der Waals surface area contributed by atoms with E-state index in [-0.39, 0.29) is 17.8 Å². The molecule has 4 N–H and O–H groups in total. The maximum Gasteiger partial charge on any atom is 0.305 e. The summed E-state index contributed by atoms with van der Waals surface area (Å²) in [6.07, 6.45) is -4.37. The average molecular weight is 506 g/mol. The molecule has 0 bridgehead atoms. The monoisotopic (exact) mass is 505 g/mol. The molecule has 0 saturated carbocycles. The predicted octanol–water partition coefficient (Wildman–Crippen LogP) is 1.91. The number of rotatable bonds is 12. The fourth-order valence-corrected chi connectivity index (χ4v) is 5.15. The Labute approximate surface area is 202 Å². The smallest absolute Gasteiger partial charge is 0.305 e. The van der Waals surface area contributed by atoms with Gasteiger partial charge in [-0.25, -0.2) is 4.98 Å². The molecule has 0 radical (unpaired) electrons. The lowest BCUT2D eigenvalue weighted by Crippen LogP contribution is -2.58. The molecule has 1 aliphatic rings. The lowest BCUT2D eigenvalue weighted by molar-refractivity contribution is -0.287. The Balaban J connectivity index is 1.66. The van der Waals surface area contributed by atoms with Gasteiger partial charge in [0, 0.05) is 24.0 Å². The molecular formula is C22H35NO8S2. The second-order valence-corrected chi connectivity index (χ2v) is 12.0. The van der Waals surface area contributed by atoms with E-state index in [0.29, 0.717) is 13.0 Å². The van der Waals surface area contributed by atoms with Crippen LogP contribution in [-0.4, -0.2) is 85.6 Å². The highest BCUT2D eigenvalue weighted by Gasteiger charge is 2.43. The van der Waals surface area contributed by atoms with Crippen LogP contribution in [0.1, 0.15) is 47.0 Å². The van der Waals surface area contributed by atoms with E-state index in [9.17, 15) is 25.2 Å². The molecule has 1 aromatic rings. The number of pyridine rings is 1. The molecule has 0 amide bonds. The van der Waals surface area contributed by atoms with Gasteiger partial charge < -0.3 is 34.6 Å². The maximum atomic E-state index is 12.1. The Kier molecular flexibility index (Phi) is 10.9. The van der Waals surface area contributed by atoms with Crippen LogP contribution in [0.25, 0.3) is 0 Å². The number of esters is 1. The Hall–Kier alpha value is -0.920. The first kappa shape index (κ1) is 28.3. The fourth-order valence-electron chi connectivity index (χ4n) is 2.96. The zero-order chi connectivity index (χ0) is 24.6. The van der Waals surface area contributed by atoms with E-state index in [1.54, 1.807) is 27.8 Å². The molecule has 1 fully saturated rings. The van der Waals surface area contributed by atoms with Gasteiger partial charge in [0.1, 0.15) is 36.0 Å². The Morgan fingerprint density at radius 2 is 1.82 bits per heavy atom. The van der Waals surface area contributed by atoms with Crippen molar-refractivity contribution >= 4 is 27.6 Å². The normalized spacial score (nSPS) is 26.2. The zero-order valence-corrected chi connectivity index (χ0v) is 21.1. The van der Waals surface area contributed by atoms with E-state index >= 15 is 0 Å². The highest BCUT2D eigenvalue weighted by Crippen LogP contribution is 2.41. The van der Waals surface area contributed by atoms with E-state index in [1.807, 2.05) is 32.0 Å². The summed E-state index contributed by atoms with van der Waals surface area (Å²) in [5, 5.41) is 39.6. The summed E-state index contributed by atoms with van der Waals surface area (Å²) in [4.78, 5) is 16.4. The summed E-state index contributed by atoms with van der Waals surface area (Å²) in [5.74, 6) is -0.514. The van der Waals surface area contributed by atoms with Crippen LogP contribution in [0.4, 0.5) is 0 Å². The van der Waals surface area contributed by atoms with Crippen molar-refractivity contribution in [2.45, 2.75) is 93.0 Å². The Bertz CT molecular complexity index is 736. The fraction of sp³-hybridized carbons (Fsp3) is 0.727. The van der Waals surface area contributed by atoms with Crippen molar-refractivity contribution in [2.75, 3.05) is 13.2 Å². The van der Waals surface area contributed by atoms with Crippen molar-refractivity contribution in [3.05, 3.63) is 24.4 Å². The minimum atomic E-state index is -1.66. The van der Waals surface area contributed by atoms with Gasteiger partial charge in [0.15, 0.2) is 6.29 Å². The number of aromatic nitrogens is 1. The third kappa shape index (κ3) is 9.69. The molecule has 2 rings (SSSR count). The van der Waals surface area contributed by atoms with Crippen LogP contribution < -0.4 is 0 Å². The van der Waals surface area contributed by atoms with E-state index in [4.69, 9.17) is 14.2 Å².